The first-order chi connectivity index (χ1) is 10.7. The van der Waals surface area contributed by atoms with Crippen molar-refractivity contribution in [3.8, 4) is 0 Å². The van der Waals surface area contributed by atoms with E-state index in [0.717, 1.165) is 51.0 Å². The van der Waals surface area contributed by atoms with Gasteiger partial charge in [-0.05, 0) is 50.6 Å². The van der Waals surface area contributed by atoms with E-state index < -0.39 is 0 Å². The van der Waals surface area contributed by atoms with Crippen LogP contribution >= 0.6 is 24.8 Å². The number of nitrogens with one attached hydrogen (secondary N) is 2. The van der Waals surface area contributed by atoms with E-state index in [-0.39, 0.29) is 36.5 Å². The predicted molar refractivity (Wildman–Crippen MR) is 100 cm³/mol. The average Bonchev–Trinajstić information content (AvgIpc) is 2.52. The summed E-state index contributed by atoms with van der Waals surface area (Å²) in [6.45, 7) is 3.67. The van der Waals surface area contributed by atoms with Crippen LogP contribution in [0.25, 0.3) is 0 Å². The van der Waals surface area contributed by atoms with Crippen molar-refractivity contribution in [2.24, 2.45) is 0 Å². The van der Waals surface area contributed by atoms with Crippen molar-refractivity contribution in [2.45, 2.75) is 38.3 Å². The summed E-state index contributed by atoms with van der Waals surface area (Å²) in [4.78, 5) is 14.2. The van der Waals surface area contributed by atoms with Gasteiger partial charge in [0.2, 0.25) is 5.91 Å². The fourth-order valence-electron chi connectivity index (χ4n) is 2.81. The molecule has 2 N–H and O–H groups in total. The van der Waals surface area contributed by atoms with Crippen LogP contribution in [0.1, 0.15) is 31.2 Å². The highest BCUT2D eigenvalue weighted by Gasteiger charge is 2.20. The van der Waals surface area contributed by atoms with Gasteiger partial charge in [-0.3, -0.25) is 9.69 Å². The predicted octanol–water partition coefficient (Wildman–Crippen LogP) is 2.75. The van der Waals surface area contributed by atoms with Crippen LogP contribution in [-0.2, 0) is 11.3 Å². The van der Waals surface area contributed by atoms with Crippen LogP contribution in [0.15, 0.2) is 24.3 Å². The maximum atomic E-state index is 12.9. The molecule has 0 unspecified atom stereocenters. The second-order valence-corrected chi connectivity index (χ2v) is 5.95. The fraction of sp³-hybridized carbons (Fsp3) is 0.588. The molecule has 1 heterocycles. The van der Waals surface area contributed by atoms with Gasteiger partial charge in [-0.2, -0.15) is 0 Å². The lowest BCUT2D eigenvalue weighted by Gasteiger charge is -2.32. The first-order valence-corrected chi connectivity index (χ1v) is 8.08. The standard InChI is InChI=1S/C17H26FN3O.2ClH/c1-19-10-2-3-17(22)20-16-8-11-21(12-9-16)13-14-4-6-15(18)7-5-14;;/h4-7,16,19H,2-3,8-13H2,1H3,(H,20,22);2*1H. The molecule has 1 saturated heterocycles. The number of hydrogen-bond acceptors (Lipinski definition) is 3. The molecule has 1 fully saturated rings. The number of piperidine rings is 1. The summed E-state index contributed by atoms with van der Waals surface area (Å²) < 4.78 is 12.9. The van der Waals surface area contributed by atoms with Gasteiger partial charge in [0.05, 0.1) is 0 Å². The van der Waals surface area contributed by atoms with Crippen LogP contribution in [0.5, 0.6) is 0 Å². The number of carbonyl (C=O) groups is 1. The third kappa shape index (κ3) is 8.29. The zero-order chi connectivity index (χ0) is 15.8. The number of likely N-dealkylation sites (tertiary alicyclic amines) is 1. The van der Waals surface area contributed by atoms with Crippen LogP contribution in [0, 0.1) is 5.82 Å². The molecule has 0 radical (unpaired) electrons. The molecule has 1 aliphatic heterocycles. The molecular formula is C17H28Cl2FN3O. The maximum absolute atomic E-state index is 12.9. The van der Waals surface area contributed by atoms with Crippen molar-refractivity contribution in [3.63, 3.8) is 0 Å². The zero-order valence-corrected chi connectivity index (χ0v) is 15.7. The summed E-state index contributed by atoms with van der Waals surface area (Å²) in [7, 11) is 1.90. The maximum Gasteiger partial charge on any atom is 0.220 e. The largest absolute Gasteiger partial charge is 0.353 e. The Morgan fingerprint density at radius 2 is 1.83 bits per heavy atom. The summed E-state index contributed by atoms with van der Waals surface area (Å²) in [5, 5.41) is 6.18. The normalized spacial score (nSPS) is 15.2. The second kappa shape index (κ2) is 12.5. The van der Waals surface area contributed by atoms with E-state index >= 15 is 0 Å². The SMILES string of the molecule is CNCCCC(=O)NC1CCN(Cc2ccc(F)cc2)CC1.Cl.Cl. The molecule has 7 heteroatoms. The second-order valence-electron chi connectivity index (χ2n) is 5.95. The van der Waals surface area contributed by atoms with Crippen LogP contribution < -0.4 is 10.6 Å². The van der Waals surface area contributed by atoms with E-state index in [1.54, 1.807) is 0 Å². The molecule has 1 aromatic carbocycles. The number of carbonyl (C=O) groups excluding carboxylic acids is 1. The van der Waals surface area contributed by atoms with Gasteiger partial charge in [-0.25, -0.2) is 4.39 Å². The van der Waals surface area contributed by atoms with Crippen LogP contribution in [-0.4, -0.2) is 43.5 Å². The molecule has 0 saturated carbocycles. The van der Waals surface area contributed by atoms with Crippen molar-refractivity contribution < 1.29 is 9.18 Å². The third-order valence-corrected chi connectivity index (χ3v) is 4.10. The van der Waals surface area contributed by atoms with Gasteiger partial charge in [0.15, 0.2) is 0 Å². The molecule has 2 rings (SSSR count). The summed E-state index contributed by atoms with van der Waals surface area (Å²) in [5.41, 5.74) is 1.14. The van der Waals surface area contributed by atoms with Gasteiger partial charge in [0, 0.05) is 32.1 Å². The minimum absolute atomic E-state index is 0. The van der Waals surface area contributed by atoms with E-state index in [1.165, 1.54) is 12.1 Å². The van der Waals surface area contributed by atoms with Crippen LogP contribution in [0.4, 0.5) is 4.39 Å². The summed E-state index contributed by atoms with van der Waals surface area (Å²) in [6.07, 6.45) is 3.44. The van der Waals surface area contributed by atoms with Gasteiger partial charge >= 0.3 is 0 Å². The van der Waals surface area contributed by atoms with Crippen LogP contribution in [0.3, 0.4) is 0 Å². The highest BCUT2D eigenvalue weighted by Crippen LogP contribution is 2.14. The molecule has 138 valence electrons. The summed E-state index contributed by atoms with van der Waals surface area (Å²) in [5.74, 6) is -0.0318. The molecule has 1 amide bonds. The van der Waals surface area contributed by atoms with Gasteiger partial charge in [0.1, 0.15) is 5.82 Å². The van der Waals surface area contributed by atoms with Crippen molar-refractivity contribution in [1.29, 1.82) is 0 Å². The monoisotopic (exact) mass is 379 g/mol. The lowest BCUT2D eigenvalue weighted by atomic mass is 10.0. The Bertz CT molecular complexity index is 465. The van der Waals surface area contributed by atoms with Gasteiger partial charge in [-0.15, -0.1) is 24.8 Å². The lowest BCUT2D eigenvalue weighted by molar-refractivity contribution is -0.122. The summed E-state index contributed by atoms with van der Waals surface area (Å²) >= 11 is 0. The molecular weight excluding hydrogens is 352 g/mol. The van der Waals surface area contributed by atoms with E-state index in [9.17, 15) is 9.18 Å². The van der Waals surface area contributed by atoms with E-state index in [1.807, 2.05) is 19.2 Å². The van der Waals surface area contributed by atoms with E-state index in [2.05, 4.69) is 15.5 Å². The van der Waals surface area contributed by atoms with Gasteiger partial charge in [0.25, 0.3) is 0 Å². The number of benzene rings is 1. The molecule has 24 heavy (non-hydrogen) atoms. The third-order valence-electron chi connectivity index (χ3n) is 4.10. The smallest absolute Gasteiger partial charge is 0.220 e. The average molecular weight is 380 g/mol. The Hall–Kier alpha value is -0.880. The zero-order valence-electron chi connectivity index (χ0n) is 14.1. The van der Waals surface area contributed by atoms with Crippen molar-refractivity contribution >= 4 is 30.7 Å². The highest BCUT2D eigenvalue weighted by molar-refractivity contribution is 5.85. The fourth-order valence-corrected chi connectivity index (χ4v) is 2.81. The number of halogens is 3. The molecule has 4 nitrogen and oxygen atoms in total. The minimum atomic E-state index is -0.191. The van der Waals surface area contributed by atoms with Gasteiger partial charge in [-0.1, -0.05) is 12.1 Å². The minimum Gasteiger partial charge on any atom is -0.353 e. The Labute approximate surface area is 156 Å². The number of amides is 1. The highest BCUT2D eigenvalue weighted by atomic mass is 35.5. The molecule has 0 bridgehead atoms. The first kappa shape index (κ1) is 23.1. The Morgan fingerprint density at radius 3 is 2.42 bits per heavy atom. The Kier molecular flexibility index (Phi) is 12.0. The number of nitrogens with zero attached hydrogens (tertiary/aromatic N) is 1. The van der Waals surface area contributed by atoms with E-state index in [4.69, 9.17) is 0 Å². The quantitative estimate of drug-likeness (QED) is 0.715. The molecule has 0 aliphatic carbocycles. The number of rotatable bonds is 7. The topological polar surface area (TPSA) is 44.4 Å². The van der Waals surface area contributed by atoms with E-state index in [0.29, 0.717) is 12.5 Å². The molecule has 0 aromatic heterocycles. The molecule has 0 spiro atoms. The molecule has 1 aromatic rings. The molecule has 0 atom stereocenters. The lowest BCUT2D eigenvalue weighted by Crippen LogP contribution is -2.44. The van der Waals surface area contributed by atoms with Gasteiger partial charge < -0.3 is 10.6 Å². The van der Waals surface area contributed by atoms with Crippen LogP contribution in [0.2, 0.25) is 0 Å². The number of hydrogen-bond donors (Lipinski definition) is 2. The van der Waals surface area contributed by atoms with Crippen molar-refractivity contribution in [2.75, 3.05) is 26.7 Å². The van der Waals surface area contributed by atoms with Crippen molar-refractivity contribution in [3.05, 3.63) is 35.6 Å². The Balaban J connectivity index is 0.00000264. The molecule has 1 aliphatic rings. The summed E-state index contributed by atoms with van der Waals surface area (Å²) in [6, 6.07) is 6.99. The Morgan fingerprint density at radius 1 is 1.21 bits per heavy atom. The van der Waals surface area contributed by atoms with Crippen molar-refractivity contribution in [1.82, 2.24) is 15.5 Å². The first-order valence-electron chi connectivity index (χ1n) is 8.08.